The van der Waals surface area contributed by atoms with E-state index in [1.54, 1.807) is 24.3 Å². The molecule has 86 valence electrons. The van der Waals surface area contributed by atoms with Crippen molar-refractivity contribution in [3.05, 3.63) is 29.8 Å². The van der Waals surface area contributed by atoms with Gasteiger partial charge < -0.3 is 15.2 Å². The molecule has 16 heavy (non-hydrogen) atoms. The van der Waals surface area contributed by atoms with Crippen LogP contribution in [0, 0.1) is 0 Å². The minimum atomic E-state index is -0.192. The third-order valence-electron chi connectivity index (χ3n) is 2.91. The summed E-state index contributed by atoms with van der Waals surface area (Å²) in [5.41, 5.74) is 0.940. The number of aldehydes is 1. The van der Waals surface area contributed by atoms with Gasteiger partial charge in [-0.15, -0.1) is 0 Å². The summed E-state index contributed by atoms with van der Waals surface area (Å²) in [6.45, 7) is 3.60. The summed E-state index contributed by atoms with van der Waals surface area (Å²) in [4.78, 5) is 13.3. The molecule has 2 N–H and O–H groups in total. The van der Waals surface area contributed by atoms with Gasteiger partial charge >= 0.3 is 0 Å². The molecule has 2 rings (SSSR count). The molecule has 1 aliphatic heterocycles. The van der Waals surface area contributed by atoms with Gasteiger partial charge in [0, 0.05) is 26.2 Å². The predicted molar refractivity (Wildman–Crippen MR) is 61.4 cm³/mol. The highest BCUT2D eigenvalue weighted by molar-refractivity contribution is 5.61. The first-order valence-corrected chi connectivity index (χ1v) is 5.50. The highest BCUT2D eigenvalue weighted by atomic mass is 16.3. The van der Waals surface area contributed by atoms with Crippen molar-refractivity contribution in [2.75, 3.05) is 26.2 Å². The second kappa shape index (κ2) is 5.09. The zero-order valence-corrected chi connectivity index (χ0v) is 9.10. The van der Waals surface area contributed by atoms with E-state index in [1.807, 2.05) is 0 Å². The maximum atomic E-state index is 11.2. The molecule has 4 nitrogen and oxygen atoms in total. The molecule has 1 heterocycles. The molecule has 1 aromatic rings. The third kappa shape index (κ3) is 2.40. The molecule has 0 aliphatic carbocycles. The Hall–Kier alpha value is -1.39. The summed E-state index contributed by atoms with van der Waals surface area (Å²) < 4.78 is 0. The number of phenolic OH excluding ortho intramolecular Hbond substituents is 1. The van der Waals surface area contributed by atoms with Gasteiger partial charge in [-0.05, 0) is 17.7 Å². The zero-order chi connectivity index (χ0) is 11.4. The first kappa shape index (κ1) is 11.1. The van der Waals surface area contributed by atoms with Gasteiger partial charge in [-0.25, -0.2) is 0 Å². The maximum absolute atomic E-state index is 11.2. The van der Waals surface area contributed by atoms with E-state index in [4.69, 9.17) is 0 Å². The Morgan fingerprint density at radius 2 is 1.88 bits per heavy atom. The number of carbonyl (C=O) groups excluding carboxylic acids is 1. The van der Waals surface area contributed by atoms with Gasteiger partial charge in [0.15, 0.2) is 0 Å². The van der Waals surface area contributed by atoms with Crippen LogP contribution in [0.15, 0.2) is 24.3 Å². The van der Waals surface area contributed by atoms with Crippen LogP contribution in [0.25, 0.3) is 0 Å². The van der Waals surface area contributed by atoms with Crippen LogP contribution < -0.4 is 5.32 Å². The fourth-order valence-electron chi connectivity index (χ4n) is 2.01. The second-order valence-electron chi connectivity index (χ2n) is 3.96. The molecule has 0 bridgehead atoms. The summed E-state index contributed by atoms with van der Waals surface area (Å²) in [6, 6.07) is 6.65. The molecule has 4 heteroatoms. The van der Waals surface area contributed by atoms with E-state index in [2.05, 4.69) is 10.2 Å². The number of piperazine rings is 1. The number of nitrogens with one attached hydrogen (secondary N) is 1. The van der Waals surface area contributed by atoms with Crippen LogP contribution in [0.3, 0.4) is 0 Å². The van der Waals surface area contributed by atoms with E-state index in [1.165, 1.54) is 0 Å². The van der Waals surface area contributed by atoms with E-state index >= 15 is 0 Å². The summed E-state index contributed by atoms with van der Waals surface area (Å²) in [7, 11) is 0. The Balaban J connectivity index is 2.14. The van der Waals surface area contributed by atoms with Gasteiger partial charge in [0.2, 0.25) is 0 Å². The van der Waals surface area contributed by atoms with Crippen molar-refractivity contribution >= 4 is 6.29 Å². The Labute approximate surface area is 94.9 Å². The number of rotatable bonds is 3. The smallest absolute Gasteiger partial charge is 0.141 e. The third-order valence-corrected chi connectivity index (χ3v) is 2.91. The first-order chi connectivity index (χ1) is 7.81. The number of nitrogens with zero attached hydrogens (tertiary/aromatic N) is 1. The molecular weight excluding hydrogens is 204 g/mol. The highest BCUT2D eigenvalue weighted by Gasteiger charge is 2.21. The Morgan fingerprint density at radius 3 is 2.44 bits per heavy atom. The van der Waals surface area contributed by atoms with E-state index in [-0.39, 0.29) is 11.8 Å². The van der Waals surface area contributed by atoms with Crippen molar-refractivity contribution in [1.29, 1.82) is 0 Å². The Bertz CT molecular complexity index is 345. The SMILES string of the molecule is O=CC(c1ccc(O)cc1)N1CCNCC1. The minimum Gasteiger partial charge on any atom is -0.508 e. The summed E-state index contributed by atoms with van der Waals surface area (Å²) >= 11 is 0. The molecule has 1 fully saturated rings. The fraction of sp³-hybridized carbons (Fsp3) is 0.417. The molecule has 0 amide bonds. The van der Waals surface area contributed by atoms with E-state index in [0.29, 0.717) is 0 Å². The molecule has 1 aliphatic rings. The average molecular weight is 220 g/mol. The largest absolute Gasteiger partial charge is 0.508 e. The summed E-state index contributed by atoms with van der Waals surface area (Å²) in [5, 5.41) is 12.5. The molecule has 0 saturated carbocycles. The van der Waals surface area contributed by atoms with Gasteiger partial charge in [-0.3, -0.25) is 4.90 Å². The van der Waals surface area contributed by atoms with Gasteiger partial charge in [-0.2, -0.15) is 0 Å². The normalized spacial score (nSPS) is 19.2. The lowest BCUT2D eigenvalue weighted by Crippen LogP contribution is -2.45. The lowest BCUT2D eigenvalue weighted by Gasteiger charge is -2.32. The lowest BCUT2D eigenvalue weighted by atomic mass is 10.1. The number of hydrogen-bond acceptors (Lipinski definition) is 4. The standard InChI is InChI=1S/C12H16N2O2/c15-9-12(14-7-5-13-6-8-14)10-1-3-11(16)4-2-10/h1-4,9,12-13,16H,5-8H2. The number of aromatic hydroxyl groups is 1. The van der Waals surface area contributed by atoms with Crippen LogP contribution in [-0.4, -0.2) is 42.5 Å². The molecule has 0 spiro atoms. The summed E-state index contributed by atoms with van der Waals surface area (Å²) in [5.74, 6) is 0.230. The van der Waals surface area contributed by atoms with Gasteiger partial charge in [0.25, 0.3) is 0 Å². The average Bonchev–Trinajstić information content (AvgIpc) is 2.34. The monoisotopic (exact) mass is 220 g/mol. The summed E-state index contributed by atoms with van der Waals surface area (Å²) in [6.07, 6.45) is 0.970. The van der Waals surface area contributed by atoms with Crippen LogP contribution in [0.1, 0.15) is 11.6 Å². The quantitative estimate of drug-likeness (QED) is 0.730. The van der Waals surface area contributed by atoms with Gasteiger partial charge in [0.1, 0.15) is 12.0 Å². The van der Waals surface area contributed by atoms with Crippen molar-refractivity contribution in [3.8, 4) is 5.75 Å². The predicted octanol–water partition coefficient (Wildman–Crippen LogP) is 0.537. The Morgan fingerprint density at radius 1 is 1.25 bits per heavy atom. The topological polar surface area (TPSA) is 52.6 Å². The van der Waals surface area contributed by atoms with Crippen LogP contribution in [0.2, 0.25) is 0 Å². The number of benzene rings is 1. The fourth-order valence-corrected chi connectivity index (χ4v) is 2.01. The lowest BCUT2D eigenvalue weighted by molar-refractivity contribution is -0.112. The van der Waals surface area contributed by atoms with E-state index in [0.717, 1.165) is 38.0 Å². The Kier molecular flexibility index (Phi) is 3.54. The van der Waals surface area contributed by atoms with Crippen molar-refractivity contribution in [2.24, 2.45) is 0 Å². The minimum absolute atomic E-state index is 0.192. The first-order valence-electron chi connectivity index (χ1n) is 5.50. The maximum Gasteiger partial charge on any atom is 0.141 e. The molecule has 1 aromatic carbocycles. The van der Waals surface area contributed by atoms with Crippen LogP contribution in [0.5, 0.6) is 5.75 Å². The van der Waals surface area contributed by atoms with Crippen LogP contribution in [0.4, 0.5) is 0 Å². The zero-order valence-electron chi connectivity index (χ0n) is 9.10. The van der Waals surface area contributed by atoms with Crippen molar-refractivity contribution in [2.45, 2.75) is 6.04 Å². The van der Waals surface area contributed by atoms with Crippen molar-refractivity contribution < 1.29 is 9.90 Å². The van der Waals surface area contributed by atoms with Gasteiger partial charge in [-0.1, -0.05) is 12.1 Å². The molecular formula is C12H16N2O2. The number of phenols is 1. The number of carbonyl (C=O) groups is 1. The highest BCUT2D eigenvalue weighted by Crippen LogP contribution is 2.21. The molecule has 1 saturated heterocycles. The number of hydrogen-bond donors (Lipinski definition) is 2. The van der Waals surface area contributed by atoms with Crippen molar-refractivity contribution in [3.63, 3.8) is 0 Å². The second-order valence-corrected chi connectivity index (χ2v) is 3.96. The van der Waals surface area contributed by atoms with Gasteiger partial charge in [0.05, 0.1) is 6.04 Å². The van der Waals surface area contributed by atoms with Crippen LogP contribution >= 0.6 is 0 Å². The van der Waals surface area contributed by atoms with Crippen molar-refractivity contribution in [1.82, 2.24) is 10.2 Å². The van der Waals surface area contributed by atoms with E-state index in [9.17, 15) is 9.90 Å². The van der Waals surface area contributed by atoms with Crippen LogP contribution in [-0.2, 0) is 4.79 Å². The molecule has 1 atom stereocenters. The molecule has 0 aromatic heterocycles. The molecule has 0 radical (unpaired) electrons. The molecule has 1 unspecified atom stereocenters. The van der Waals surface area contributed by atoms with E-state index < -0.39 is 0 Å².